The van der Waals surface area contributed by atoms with Crippen LogP contribution in [0.15, 0.2) is 35.1 Å². The summed E-state index contributed by atoms with van der Waals surface area (Å²) in [4.78, 5) is 20.2. The number of hydrogen-bond donors (Lipinski definition) is 2. The maximum Gasteiger partial charge on any atom is 0.317 e. The van der Waals surface area contributed by atoms with E-state index in [1.807, 2.05) is 18.2 Å². The number of carbonyl (C=O) groups excluding carboxylic acids is 1. The van der Waals surface area contributed by atoms with E-state index in [-0.39, 0.29) is 12.6 Å². The maximum absolute atomic E-state index is 12.4. The third kappa shape index (κ3) is 5.51. The summed E-state index contributed by atoms with van der Waals surface area (Å²) in [6, 6.07) is 5.44. The molecule has 1 fully saturated rings. The van der Waals surface area contributed by atoms with Gasteiger partial charge in [0.1, 0.15) is 5.69 Å². The van der Waals surface area contributed by atoms with E-state index < -0.39 is 0 Å². The Kier molecular flexibility index (Phi) is 6.78. The molecular weight excluding hydrogens is 346 g/mol. The maximum atomic E-state index is 12.4. The van der Waals surface area contributed by atoms with Crippen LogP contribution in [0.2, 0.25) is 0 Å². The van der Waals surface area contributed by atoms with Crippen LogP contribution in [0.4, 0.5) is 4.79 Å². The molecule has 1 aliphatic heterocycles. The molecule has 0 aromatic carbocycles. The lowest BCUT2D eigenvalue weighted by Gasteiger charge is -2.32. The van der Waals surface area contributed by atoms with Gasteiger partial charge < -0.3 is 24.7 Å². The second kappa shape index (κ2) is 9.48. The minimum absolute atomic E-state index is 0.129. The highest BCUT2D eigenvalue weighted by Gasteiger charge is 2.21. The third-order valence-corrected chi connectivity index (χ3v) is 4.84. The van der Waals surface area contributed by atoms with Gasteiger partial charge in [-0.2, -0.15) is 0 Å². The van der Waals surface area contributed by atoms with Crippen molar-refractivity contribution in [3.05, 3.63) is 36.4 Å². The lowest BCUT2D eigenvalue weighted by molar-refractivity contribution is 0.137. The molecule has 8 nitrogen and oxygen atoms in total. The van der Waals surface area contributed by atoms with Crippen molar-refractivity contribution in [3.63, 3.8) is 0 Å². The fourth-order valence-corrected chi connectivity index (χ4v) is 3.38. The normalized spacial score (nSPS) is 17.6. The lowest BCUT2D eigenvalue weighted by Crippen LogP contribution is -2.44. The standard InChI is InChI=1S/C19H27N5O3/c1-23(14-17-11-18(22-27-17)16-4-6-20-7-5-16)19(26)21-12-15-3-2-8-24(13-15)9-10-25/h4-7,11,15,25H,2-3,8-10,12-14H2,1H3,(H,21,26)/t15-/m0/s1. The van der Waals surface area contributed by atoms with Crippen LogP contribution in [0.25, 0.3) is 11.3 Å². The van der Waals surface area contributed by atoms with Gasteiger partial charge in [0.15, 0.2) is 5.76 Å². The van der Waals surface area contributed by atoms with Crippen molar-refractivity contribution in [3.8, 4) is 11.3 Å². The number of nitrogens with one attached hydrogen (secondary N) is 1. The molecular formula is C19H27N5O3. The Hall–Kier alpha value is -2.45. The van der Waals surface area contributed by atoms with E-state index in [1.165, 1.54) is 0 Å². The molecule has 0 unspecified atom stereocenters. The SMILES string of the molecule is CN(Cc1cc(-c2ccncc2)no1)C(=O)NC[C@@H]1CCCN(CCO)C1. The Morgan fingerprint density at radius 1 is 1.44 bits per heavy atom. The van der Waals surface area contributed by atoms with Crippen molar-refractivity contribution in [2.75, 3.05) is 39.8 Å². The molecule has 2 aromatic rings. The summed E-state index contributed by atoms with van der Waals surface area (Å²) in [6.07, 6.45) is 5.61. The summed E-state index contributed by atoms with van der Waals surface area (Å²) in [5, 5.41) is 16.1. The molecule has 0 radical (unpaired) electrons. The highest BCUT2D eigenvalue weighted by molar-refractivity contribution is 5.73. The summed E-state index contributed by atoms with van der Waals surface area (Å²) < 4.78 is 5.35. The third-order valence-electron chi connectivity index (χ3n) is 4.84. The Morgan fingerprint density at radius 2 is 2.26 bits per heavy atom. The van der Waals surface area contributed by atoms with E-state index in [2.05, 4.69) is 20.4 Å². The van der Waals surface area contributed by atoms with Crippen molar-refractivity contribution >= 4 is 6.03 Å². The number of nitrogens with zero attached hydrogens (tertiary/aromatic N) is 4. The van der Waals surface area contributed by atoms with E-state index in [1.54, 1.807) is 24.3 Å². The van der Waals surface area contributed by atoms with Gasteiger partial charge in [-0.25, -0.2) is 4.79 Å². The zero-order chi connectivity index (χ0) is 19.1. The number of β-amino-alcohol motifs (C(OH)–C–C–N with tert-alkyl or cyclic N) is 1. The minimum Gasteiger partial charge on any atom is -0.395 e. The molecule has 3 rings (SSSR count). The number of pyridine rings is 1. The van der Waals surface area contributed by atoms with Crippen molar-refractivity contribution < 1.29 is 14.4 Å². The molecule has 146 valence electrons. The van der Waals surface area contributed by atoms with Gasteiger partial charge in [0.2, 0.25) is 0 Å². The van der Waals surface area contributed by atoms with Gasteiger partial charge in [0.05, 0.1) is 13.2 Å². The summed E-state index contributed by atoms with van der Waals surface area (Å²) in [5.74, 6) is 1.05. The summed E-state index contributed by atoms with van der Waals surface area (Å²) in [5.41, 5.74) is 1.66. The smallest absolute Gasteiger partial charge is 0.317 e. The molecule has 0 bridgehead atoms. The van der Waals surface area contributed by atoms with Crippen LogP contribution in [0.1, 0.15) is 18.6 Å². The second-order valence-corrected chi connectivity index (χ2v) is 6.99. The van der Waals surface area contributed by atoms with Crippen molar-refractivity contribution in [1.82, 2.24) is 25.3 Å². The molecule has 27 heavy (non-hydrogen) atoms. The van der Waals surface area contributed by atoms with Gasteiger partial charge in [-0.15, -0.1) is 0 Å². The first-order valence-electron chi connectivity index (χ1n) is 9.34. The molecule has 1 saturated heterocycles. The van der Waals surface area contributed by atoms with Gasteiger partial charge in [-0.1, -0.05) is 5.16 Å². The second-order valence-electron chi connectivity index (χ2n) is 6.99. The fourth-order valence-electron chi connectivity index (χ4n) is 3.38. The number of aromatic nitrogens is 2. The summed E-state index contributed by atoms with van der Waals surface area (Å²) >= 11 is 0. The van der Waals surface area contributed by atoms with Gasteiger partial charge in [0, 0.05) is 50.7 Å². The first kappa shape index (κ1) is 19.3. The molecule has 2 amide bonds. The zero-order valence-electron chi connectivity index (χ0n) is 15.7. The van der Waals surface area contributed by atoms with E-state index >= 15 is 0 Å². The Bertz CT molecular complexity index is 719. The molecule has 3 heterocycles. The molecule has 8 heteroatoms. The topological polar surface area (TPSA) is 94.7 Å². The molecule has 0 saturated carbocycles. The van der Waals surface area contributed by atoms with E-state index in [0.717, 1.165) is 37.2 Å². The largest absolute Gasteiger partial charge is 0.395 e. The number of aliphatic hydroxyl groups is 1. The number of likely N-dealkylation sites (tertiary alicyclic amines) is 1. The van der Waals surface area contributed by atoms with Crippen LogP contribution in [0.5, 0.6) is 0 Å². The average molecular weight is 373 g/mol. The van der Waals surface area contributed by atoms with E-state index in [4.69, 9.17) is 9.63 Å². The van der Waals surface area contributed by atoms with Gasteiger partial charge in [0.25, 0.3) is 0 Å². The highest BCUT2D eigenvalue weighted by atomic mass is 16.5. The fraction of sp³-hybridized carbons (Fsp3) is 0.526. The van der Waals surface area contributed by atoms with Gasteiger partial charge >= 0.3 is 6.03 Å². The molecule has 2 N–H and O–H groups in total. The van der Waals surface area contributed by atoms with Crippen LogP contribution >= 0.6 is 0 Å². The van der Waals surface area contributed by atoms with Gasteiger partial charge in [-0.3, -0.25) is 4.98 Å². The zero-order valence-corrected chi connectivity index (χ0v) is 15.7. The van der Waals surface area contributed by atoms with Gasteiger partial charge in [-0.05, 0) is 37.4 Å². The number of hydrogen-bond acceptors (Lipinski definition) is 6. The quantitative estimate of drug-likeness (QED) is 0.765. The predicted octanol–water partition coefficient (Wildman–Crippen LogP) is 1.58. The van der Waals surface area contributed by atoms with Crippen LogP contribution in [-0.4, -0.2) is 70.9 Å². The van der Waals surface area contributed by atoms with E-state index in [9.17, 15) is 4.79 Å². The number of rotatable bonds is 7. The minimum atomic E-state index is -0.129. The number of amides is 2. The predicted molar refractivity (Wildman–Crippen MR) is 101 cm³/mol. The molecule has 0 aliphatic carbocycles. The molecule has 1 aliphatic rings. The monoisotopic (exact) mass is 373 g/mol. The first-order chi connectivity index (χ1) is 13.2. The number of piperidine rings is 1. The Morgan fingerprint density at radius 3 is 3.04 bits per heavy atom. The summed E-state index contributed by atoms with van der Waals surface area (Å²) in [6.45, 7) is 3.82. The molecule has 2 aromatic heterocycles. The average Bonchev–Trinajstić information content (AvgIpc) is 3.16. The lowest BCUT2D eigenvalue weighted by atomic mass is 9.98. The Balaban J connectivity index is 1.46. The van der Waals surface area contributed by atoms with Crippen LogP contribution in [0, 0.1) is 5.92 Å². The first-order valence-corrected chi connectivity index (χ1v) is 9.34. The Labute approximate surface area is 159 Å². The van der Waals surface area contributed by atoms with E-state index in [0.29, 0.717) is 31.3 Å². The molecule has 1 atom stereocenters. The number of urea groups is 1. The van der Waals surface area contributed by atoms with Crippen LogP contribution in [-0.2, 0) is 6.54 Å². The van der Waals surface area contributed by atoms with Crippen LogP contribution in [0.3, 0.4) is 0 Å². The molecule has 0 spiro atoms. The van der Waals surface area contributed by atoms with Crippen molar-refractivity contribution in [2.24, 2.45) is 5.92 Å². The van der Waals surface area contributed by atoms with Crippen molar-refractivity contribution in [1.29, 1.82) is 0 Å². The van der Waals surface area contributed by atoms with Crippen LogP contribution < -0.4 is 5.32 Å². The summed E-state index contributed by atoms with van der Waals surface area (Å²) in [7, 11) is 1.74. The van der Waals surface area contributed by atoms with Crippen molar-refractivity contribution in [2.45, 2.75) is 19.4 Å². The number of carbonyl (C=O) groups is 1. The highest BCUT2D eigenvalue weighted by Crippen LogP contribution is 2.19. The number of aliphatic hydroxyl groups excluding tert-OH is 1.